The van der Waals surface area contributed by atoms with Crippen molar-refractivity contribution in [3.63, 3.8) is 0 Å². The summed E-state index contributed by atoms with van der Waals surface area (Å²) in [6, 6.07) is 6.10. The van der Waals surface area contributed by atoms with Gasteiger partial charge in [0, 0.05) is 27.1 Å². The van der Waals surface area contributed by atoms with E-state index in [1.165, 1.54) is 0 Å². The minimum absolute atomic E-state index is 0.735. The molecule has 1 aromatic heterocycles. The maximum Gasteiger partial charge on any atom is 0.125 e. The molecule has 0 fully saturated rings. The molecular weight excluding hydrogens is 346 g/mol. The molecule has 0 amide bonds. The number of anilines is 1. The Morgan fingerprint density at radius 2 is 1.82 bits per heavy atom. The van der Waals surface area contributed by atoms with E-state index in [4.69, 9.17) is 5.73 Å². The van der Waals surface area contributed by atoms with Crippen molar-refractivity contribution in [3.05, 3.63) is 32.7 Å². The van der Waals surface area contributed by atoms with Crippen LogP contribution in [0.3, 0.4) is 0 Å². The summed E-state index contributed by atoms with van der Waals surface area (Å²) in [4.78, 5) is 0. The summed E-state index contributed by atoms with van der Waals surface area (Å²) >= 11 is 6.97. The highest BCUT2D eigenvalue weighted by molar-refractivity contribution is 9.11. The van der Waals surface area contributed by atoms with Crippen molar-refractivity contribution in [2.45, 2.75) is 13.3 Å². The molecule has 0 saturated heterocycles. The Morgan fingerprint density at radius 3 is 2.35 bits per heavy atom. The normalized spacial score (nSPS) is 10.8. The van der Waals surface area contributed by atoms with Crippen LogP contribution < -0.4 is 5.73 Å². The topological polar surface area (TPSA) is 43.8 Å². The highest BCUT2D eigenvalue weighted by Gasteiger charge is 2.14. The van der Waals surface area contributed by atoms with Gasteiger partial charge in [-0.15, -0.1) is 0 Å². The number of nitrogen functional groups attached to an aromatic ring is 1. The van der Waals surface area contributed by atoms with Crippen LogP contribution in [0.2, 0.25) is 0 Å². The van der Waals surface area contributed by atoms with Crippen molar-refractivity contribution < 1.29 is 0 Å². The Bertz CT molecular complexity index is 541. The van der Waals surface area contributed by atoms with Gasteiger partial charge in [0.1, 0.15) is 5.82 Å². The van der Waals surface area contributed by atoms with Gasteiger partial charge in [-0.1, -0.05) is 38.8 Å². The van der Waals surface area contributed by atoms with Crippen LogP contribution in [0.1, 0.15) is 12.5 Å². The van der Waals surface area contributed by atoms with Crippen LogP contribution in [0.25, 0.3) is 11.3 Å². The number of benzene rings is 1. The molecule has 0 radical (unpaired) electrons. The van der Waals surface area contributed by atoms with Crippen molar-refractivity contribution in [2.24, 2.45) is 7.05 Å². The lowest BCUT2D eigenvalue weighted by Crippen LogP contribution is -1.98. The zero-order valence-corrected chi connectivity index (χ0v) is 12.8. The lowest BCUT2D eigenvalue weighted by Gasteiger charge is -2.03. The van der Waals surface area contributed by atoms with Crippen LogP contribution in [-0.2, 0) is 13.5 Å². The Balaban J connectivity index is 2.63. The van der Waals surface area contributed by atoms with E-state index < -0.39 is 0 Å². The number of nitrogens with two attached hydrogens (primary N) is 1. The van der Waals surface area contributed by atoms with Crippen molar-refractivity contribution in [3.8, 4) is 11.3 Å². The first-order chi connectivity index (χ1) is 8.02. The van der Waals surface area contributed by atoms with Crippen LogP contribution in [-0.4, -0.2) is 9.78 Å². The first-order valence-corrected chi connectivity index (χ1v) is 6.89. The van der Waals surface area contributed by atoms with Crippen LogP contribution >= 0.6 is 31.9 Å². The molecule has 5 heteroatoms. The van der Waals surface area contributed by atoms with E-state index in [1.54, 1.807) is 4.68 Å². The van der Waals surface area contributed by atoms with Crippen molar-refractivity contribution in [2.75, 3.05) is 5.73 Å². The number of halogens is 2. The molecule has 0 aliphatic carbocycles. The summed E-state index contributed by atoms with van der Waals surface area (Å²) < 4.78 is 3.77. The predicted octanol–water partition coefficient (Wildman–Crippen LogP) is 3.76. The summed E-state index contributed by atoms with van der Waals surface area (Å²) in [6.45, 7) is 2.09. The standard InChI is InChI=1S/C12H13Br2N3/c1-3-10-11(16-17(2)12(10)15)7-4-8(13)6-9(14)5-7/h4-6H,3,15H2,1-2H3. The van der Waals surface area contributed by atoms with E-state index >= 15 is 0 Å². The number of rotatable bonds is 2. The molecule has 2 aromatic rings. The molecule has 0 spiro atoms. The first-order valence-electron chi connectivity index (χ1n) is 5.30. The highest BCUT2D eigenvalue weighted by Crippen LogP contribution is 2.31. The Morgan fingerprint density at radius 1 is 1.24 bits per heavy atom. The molecule has 17 heavy (non-hydrogen) atoms. The number of hydrogen-bond donors (Lipinski definition) is 1. The van der Waals surface area contributed by atoms with Crippen LogP contribution in [0, 0.1) is 0 Å². The average molecular weight is 359 g/mol. The maximum atomic E-state index is 6.00. The van der Waals surface area contributed by atoms with Gasteiger partial charge in [-0.05, 0) is 24.6 Å². The van der Waals surface area contributed by atoms with E-state index in [9.17, 15) is 0 Å². The van der Waals surface area contributed by atoms with Gasteiger partial charge in [-0.25, -0.2) is 0 Å². The second-order valence-corrected chi connectivity index (χ2v) is 5.68. The van der Waals surface area contributed by atoms with Gasteiger partial charge in [-0.2, -0.15) is 5.10 Å². The Labute approximate surface area is 117 Å². The average Bonchev–Trinajstić information content (AvgIpc) is 2.54. The molecule has 1 aromatic carbocycles. The van der Waals surface area contributed by atoms with Crippen LogP contribution in [0.5, 0.6) is 0 Å². The largest absolute Gasteiger partial charge is 0.384 e. The molecule has 0 aliphatic heterocycles. The second-order valence-electron chi connectivity index (χ2n) is 3.85. The third kappa shape index (κ3) is 2.40. The fourth-order valence-electron chi connectivity index (χ4n) is 1.85. The van der Waals surface area contributed by atoms with Crippen LogP contribution in [0.15, 0.2) is 27.1 Å². The van der Waals surface area contributed by atoms with E-state index in [0.29, 0.717) is 0 Å². The molecule has 0 bridgehead atoms. The Kier molecular flexibility index (Phi) is 3.58. The third-order valence-corrected chi connectivity index (χ3v) is 3.60. The summed E-state index contributed by atoms with van der Waals surface area (Å²) in [6.07, 6.45) is 0.874. The summed E-state index contributed by atoms with van der Waals surface area (Å²) in [5, 5.41) is 4.48. The summed E-state index contributed by atoms with van der Waals surface area (Å²) in [7, 11) is 1.87. The SMILES string of the molecule is CCc1c(-c2cc(Br)cc(Br)c2)nn(C)c1N. The van der Waals surface area contributed by atoms with Gasteiger partial charge in [-0.3, -0.25) is 4.68 Å². The van der Waals surface area contributed by atoms with Gasteiger partial charge < -0.3 is 5.73 Å². The first kappa shape index (κ1) is 12.6. The predicted molar refractivity (Wildman–Crippen MR) is 77.8 cm³/mol. The van der Waals surface area contributed by atoms with Gasteiger partial charge in [0.05, 0.1) is 5.69 Å². The van der Waals surface area contributed by atoms with Gasteiger partial charge >= 0.3 is 0 Å². The molecule has 0 unspecified atom stereocenters. The molecular formula is C12H13Br2N3. The number of aromatic nitrogens is 2. The van der Waals surface area contributed by atoms with Crippen molar-refractivity contribution in [1.29, 1.82) is 0 Å². The Hall–Kier alpha value is -0.810. The van der Waals surface area contributed by atoms with Gasteiger partial charge in [0.15, 0.2) is 0 Å². The molecule has 90 valence electrons. The second kappa shape index (κ2) is 4.82. The van der Waals surface area contributed by atoms with E-state index in [0.717, 1.165) is 38.0 Å². The number of hydrogen-bond acceptors (Lipinski definition) is 2. The highest BCUT2D eigenvalue weighted by atomic mass is 79.9. The quantitative estimate of drug-likeness (QED) is 0.888. The van der Waals surface area contributed by atoms with E-state index in [2.05, 4.69) is 43.9 Å². The summed E-state index contributed by atoms with van der Waals surface area (Å²) in [5.74, 6) is 0.735. The molecule has 3 nitrogen and oxygen atoms in total. The molecule has 2 N–H and O–H groups in total. The van der Waals surface area contributed by atoms with Crippen molar-refractivity contribution in [1.82, 2.24) is 9.78 Å². The fraction of sp³-hybridized carbons (Fsp3) is 0.250. The van der Waals surface area contributed by atoms with Gasteiger partial charge in [0.2, 0.25) is 0 Å². The summed E-state index contributed by atoms with van der Waals surface area (Å²) in [5.41, 5.74) is 9.12. The molecule has 1 heterocycles. The lowest BCUT2D eigenvalue weighted by molar-refractivity contribution is 0.781. The minimum atomic E-state index is 0.735. The van der Waals surface area contributed by atoms with E-state index in [-0.39, 0.29) is 0 Å². The lowest BCUT2D eigenvalue weighted by atomic mass is 10.1. The van der Waals surface area contributed by atoms with Crippen LogP contribution in [0.4, 0.5) is 5.82 Å². The smallest absolute Gasteiger partial charge is 0.125 e. The van der Waals surface area contributed by atoms with E-state index in [1.807, 2.05) is 25.2 Å². The number of aryl methyl sites for hydroxylation is 1. The molecule has 2 rings (SSSR count). The minimum Gasteiger partial charge on any atom is -0.384 e. The maximum absolute atomic E-state index is 6.00. The molecule has 0 atom stereocenters. The fourth-order valence-corrected chi connectivity index (χ4v) is 3.15. The number of nitrogens with zero attached hydrogens (tertiary/aromatic N) is 2. The third-order valence-electron chi connectivity index (χ3n) is 2.68. The zero-order valence-electron chi connectivity index (χ0n) is 9.67. The molecule has 0 aliphatic rings. The monoisotopic (exact) mass is 357 g/mol. The molecule has 0 saturated carbocycles. The van der Waals surface area contributed by atoms with Crippen molar-refractivity contribution >= 4 is 37.7 Å². The zero-order chi connectivity index (χ0) is 12.6. The van der Waals surface area contributed by atoms with Gasteiger partial charge in [0.25, 0.3) is 0 Å².